The first-order chi connectivity index (χ1) is 8.08. The van der Waals surface area contributed by atoms with Gasteiger partial charge in [0.25, 0.3) is 0 Å². The second kappa shape index (κ2) is 7.17. The number of halogens is 1. The summed E-state index contributed by atoms with van der Waals surface area (Å²) >= 11 is 3.54. The van der Waals surface area contributed by atoms with Crippen LogP contribution in [0.1, 0.15) is 45.9 Å². The molecule has 0 spiro atoms. The van der Waals surface area contributed by atoms with Crippen molar-refractivity contribution in [2.75, 3.05) is 5.33 Å². The Kier molecular flexibility index (Phi) is 6.20. The highest BCUT2D eigenvalue weighted by atomic mass is 79.9. The Morgan fingerprint density at radius 1 is 1.41 bits per heavy atom. The van der Waals surface area contributed by atoms with Gasteiger partial charge in [-0.1, -0.05) is 36.7 Å². The minimum absolute atomic E-state index is 0.487. The van der Waals surface area contributed by atoms with Crippen LogP contribution in [0.3, 0.4) is 0 Å². The Morgan fingerprint density at radius 3 is 2.65 bits per heavy atom. The molecule has 1 rings (SSSR count). The number of hydrogen-bond donors (Lipinski definition) is 1. The third-order valence-electron chi connectivity index (χ3n) is 3.22. The highest BCUT2D eigenvalue weighted by Gasteiger charge is 2.11. The zero-order valence-electron chi connectivity index (χ0n) is 11.3. The summed E-state index contributed by atoms with van der Waals surface area (Å²) in [5.74, 6) is 0.631. The maximum absolute atomic E-state index is 4.59. The lowest BCUT2D eigenvalue weighted by Crippen LogP contribution is -2.34. The Bertz CT molecular complexity index is 322. The summed E-state index contributed by atoms with van der Waals surface area (Å²) in [7, 11) is 0. The molecule has 0 fully saturated rings. The third kappa shape index (κ3) is 4.43. The van der Waals surface area contributed by atoms with E-state index < -0.39 is 0 Å². The minimum Gasteiger partial charge on any atom is -0.307 e. The zero-order valence-corrected chi connectivity index (χ0v) is 12.9. The second-order valence-corrected chi connectivity index (χ2v) is 5.58. The number of hydrogen-bond acceptors (Lipinski definition) is 2. The summed E-state index contributed by atoms with van der Waals surface area (Å²) in [6, 6.07) is 3.09. The largest absolute Gasteiger partial charge is 0.307 e. The molecule has 0 amide bonds. The van der Waals surface area contributed by atoms with Gasteiger partial charge in [-0.3, -0.25) is 4.68 Å². The van der Waals surface area contributed by atoms with Gasteiger partial charge in [-0.15, -0.1) is 0 Å². The van der Waals surface area contributed by atoms with Gasteiger partial charge in [-0.2, -0.15) is 5.10 Å². The molecule has 2 unspecified atom stereocenters. The molecule has 4 heteroatoms. The SMILES string of the molecule is CCC(C)n1ccc(CNC(CBr)C(C)C)n1. The predicted molar refractivity (Wildman–Crippen MR) is 76.5 cm³/mol. The Labute approximate surface area is 113 Å². The van der Waals surface area contributed by atoms with Gasteiger partial charge < -0.3 is 5.32 Å². The second-order valence-electron chi connectivity index (χ2n) is 4.93. The molecule has 0 aliphatic rings. The van der Waals surface area contributed by atoms with E-state index in [1.54, 1.807) is 0 Å². The van der Waals surface area contributed by atoms with Crippen molar-refractivity contribution in [3.8, 4) is 0 Å². The Hall–Kier alpha value is -0.350. The number of nitrogens with one attached hydrogen (secondary N) is 1. The number of aromatic nitrogens is 2. The van der Waals surface area contributed by atoms with E-state index in [0.29, 0.717) is 18.0 Å². The van der Waals surface area contributed by atoms with Crippen LogP contribution in [0.15, 0.2) is 12.3 Å². The lowest BCUT2D eigenvalue weighted by molar-refractivity contribution is 0.425. The van der Waals surface area contributed by atoms with Crippen LogP contribution in [0, 0.1) is 5.92 Å². The molecule has 1 N–H and O–H groups in total. The van der Waals surface area contributed by atoms with Gasteiger partial charge in [-0.25, -0.2) is 0 Å². The lowest BCUT2D eigenvalue weighted by atomic mass is 10.1. The number of alkyl halides is 1. The van der Waals surface area contributed by atoms with Crippen LogP contribution < -0.4 is 5.32 Å². The van der Waals surface area contributed by atoms with E-state index in [-0.39, 0.29) is 0 Å². The monoisotopic (exact) mass is 301 g/mol. The molecule has 0 saturated carbocycles. The molecule has 17 heavy (non-hydrogen) atoms. The van der Waals surface area contributed by atoms with Crippen molar-refractivity contribution in [3.63, 3.8) is 0 Å². The molecule has 0 bridgehead atoms. The maximum Gasteiger partial charge on any atom is 0.0762 e. The van der Waals surface area contributed by atoms with Crippen molar-refractivity contribution in [2.45, 2.75) is 52.7 Å². The first-order valence-corrected chi connectivity index (χ1v) is 7.54. The molecular weight excluding hydrogens is 278 g/mol. The zero-order chi connectivity index (χ0) is 12.8. The van der Waals surface area contributed by atoms with Crippen LogP contribution in [0.2, 0.25) is 0 Å². The summed E-state index contributed by atoms with van der Waals surface area (Å²) in [5.41, 5.74) is 1.12. The summed E-state index contributed by atoms with van der Waals surface area (Å²) in [4.78, 5) is 0. The molecule has 0 aromatic carbocycles. The molecular formula is C13H24BrN3. The van der Waals surface area contributed by atoms with Gasteiger partial charge >= 0.3 is 0 Å². The lowest BCUT2D eigenvalue weighted by Gasteiger charge is -2.19. The summed E-state index contributed by atoms with van der Waals surface area (Å²) in [6.45, 7) is 9.69. The van der Waals surface area contributed by atoms with Crippen LogP contribution in [0.5, 0.6) is 0 Å². The van der Waals surface area contributed by atoms with Crippen molar-refractivity contribution in [2.24, 2.45) is 5.92 Å². The minimum atomic E-state index is 0.487. The first-order valence-electron chi connectivity index (χ1n) is 6.41. The highest BCUT2D eigenvalue weighted by Crippen LogP contribution is 2.10. The highest BCUT2D eigenvalue weighted by molar-refractivity contribution is 9.09. The van der Waals surface area contributed by atoms with E-state index in [0.717, 1.165) is 24.0 Å². The maximum atomic E-state index is 4.59. The van der Waals surface area contributed by atoms with Gasteiger partial charge in [0.05, 0.1) is 5.69 Å². The standard InChI is InChI=1S/C13H24BrN3/c1-5-11(4)17-7-6-12(16-17)9-15-13(8-14)10(2)3/h6-7,10-11,13,15H,5,8-9H2,1-4H3. The topological polar surface area (TPSA) is 29.9 Å². The Morgan fingerprint density at radius 2 is 2.12 bits per heavy atom. The van der Waals surface area contributed by atoms with Crippen LogP contribution in [0.4, 0.5) is 0 Å². The summed E-state index contributed by atoms with van der Waals surface area (Å²) < 4.78 is 2.05. The quantitative estimate of drug-likeness (QED) is 0.783. The van der Waals surface area contributed by atoms with Crippen molar-refractivity contribution in [1.82, 2.24) is 15.1 Å². The van der Waals surface area contributed by atoms with Crippen molar-refractivity contribution in [3.05, 3.63) is 18.0 Å². The average molecular weight is 302 g/mol. The first kappa shape index (κ1) is 14.7. The average Bonchev–Trinajstić information content (AvgIpc) is 2.77. The van der Waals surface area contributed by atoms with Crippen molar-refractivity contribution >= 4 is 15.9 Å². The molecule has 0 aliphatic carbocycles. The number of nitrogens with zero attached hydrogens (tertiary/aromatic N) is 2. The normalized spacial score (nSPS) is 15.2. The van der Waals surface area contributed by atoms with Crippen molar-refractivity contribution < 1.29 is 0 Å². The molecule has 3 nitrogen and oxygen atoms in total. The smallest absolute Gasteiger partial charge is 0.0762 e. The van der Waals surface area contributed by atoms with Crippen LogP contribution in [-0.2, 0) is 6.54 Å². The van der Waals surface area contributed by atoms with Crippen LogP contribution >= 0.6 is 15.9 Å². The van der Waals surface area contributed by atoms with E-state index >= 15 is 0 Å². The molecule has 98 valence electrons. The van der Waals surface area contributed by atoms with Gasteiger partial charge in [-0.05, 0) is 25.3 Å². The van der Waals surface area contributed by atoms with Gasteiger partial charge in [0.2, 0.25) is 0 Å². The van der Waals surface area contributed by atoms with E-state index in [1.165, 1.54) is 0 Å². The summed E-state index contributed by atoms with van der Waals surface area (Å²) in [5, 5.41) is 9.10. The molecule has 1 aromatic heterocycles. The third-order valence-corrected chi connectivity index (χ3v) is 3.92. The molecule has 0 saturated heterocycles. The fourth-order valence-corrected chi connectivity index (χ4v) is 2.58. The van der Waals surface area contributed by atoms with Gasteiger partial charge in [0, 0.05) is 30.2 Å². The van der Waals surface area contributed by atoms with E-state index in [2.05, 4.69) is 71.0 Å². The molecule has 0 radical (unpaired) electrons. The predicted octanol–water partition coefficient (Wildman–Crippen LogP) is 3.36. The van der Waals surface area contributed by atoms with Crippen LogP contribution in [-0.4, -0.2) is 21.2 Å². The van der Waals surface area contributed by atoms with Crippen LogP contribution in [0.25, 0.3) is 0 Å². The molecule has 2 atom stereocenters. The van der Waals surface area contributed by atoms with E-state index in [1.807, 2.05) is 0 Å². The van der Waals surface area contributed by atoms with Gasteiger partial charge in [0.1, 0.15) is 0 Å². The fraction of sp³-hybridized carbons (Fsp3) is 0.769. The fourth-order valence-electron chi connectivity index (χ4n) is 1.61. The molecule has 1 heterocycles. The molecule has 0 aliphatic heterocycles. The van der Waals surface area contributed by atoms with E-state index in [9.17, 15) is 0 Å². The molecule has 1 aromatic rings. The summed E-state index contributed by atoms with van der Waals surface area (Å²) in [6.07, 6.45) is 3.19. The van der Waals surface area contributed by atoms with Crippen molar-refractivity contribution in [1.29, 1.82) is 0 Å². The van der Waals surface area contributed by atoms with Gasteiger partial charge in [0.15, 0.2) is 0 Å². The Balaban J connectivity index is 2.49. The number of rotatable bonds is 7. The van der Waals surface area contributed by atoms with E-state index in [4.69, 9.17) is 0 Å².